The summed E-state index contributed by atoms with van der Waals surface area (Å²) < 4.78 is 0. The molecule has 0 atom stereocenters. The largest absolute Gasteiger partial charge is 0.399 e. The van der Waals surface area contributed by atoms with Crippen molar-refractivity contribution in [3.63, 3.8) is 0 Å². The zero-order chi connectivity index (χ0) is 14.7. The standard InChI is InChI=1S/C15H22N4O/c1-18(2)7-4-8-19(3)15(20)13-10-17-14-9-11(16)5-6-12(13)14/h5-6,9-10,17H,4,7-8,16H2,1-3H3. The van der Waals surface area contributed by atoms with Gasteiger partial charge in [0.15, 0.2) is 0 Å². The van der Waals surface area contributed by atoms with Crippen LogP contribution in [0.1, 0.15) is 16.8 Å². The molecule has 5 nitrogen and oxygen atoms in total. The van der Waals surface area contributed by atoms with E-state index >= 15 is 0 Å². The van der Waals surface area contributed by atoms with E-state index in [1.165, 1.54) is 0 Å². The highest BCUT2D eigenvalue weighted by molar-refractivity contribution is 6.07. The maximum Gasteiger partial charge on any atom is 0.255 e. The number of hydrogen-bond acceptors (Lipinski definition) is 3. The van der Waals surface area contributed by atoms with Crippen molar-refractivity contribution in [3.05, 3.63) is 30.0 Å². The van der Waals surface area contributed by atoms with Crippen molar-refractivity contribution in [3.8, 4) is 0 Å². The number of carbonyl (C=O) groups excluding carboxylic acids is 1. The highest BCUT2D eigenvalue weighted by atomic mass is 16.2. The highest BCUT2D eigenvalue weighted by Gasteiger charge is 2.16. The van der Waals surface area contributed by atoms with Gasteiger partial charge in [0, 0.05) is 36.4 Å². The molecule has 3 N–H and O–H groups in total. The van der Waals surface area contributed by atoms with Crippen LogP contribution in [-0.4, -0.2) is 54.9 Å². The molecule has 1 aromatic carbocycles. The predicted octanol–water partition coefficient (Wildman–Crippen LogP) is 1.77. The minimum absolute atomic E-state index is 0.0415. The molecule has 0 saturated heterocycles. The van der Waals surface area contributed by atoms with Crippen molar-refractivity contribution in [1.82, 2.24) is 14.8 Å². The van der Waals surface area contributed by atoms with E-state index in [1.54, 1.807) is 11.1 Å². The third kappa shape index (κ3) is 3.11. The number of carbonyl (C=O) groups is 1. The third-order valence-corrected chi connectivity index (χ3v) is 3.38. The van der Waals surface area contributed by atoms with Crippen LogP contribution in [0.15, 0.2) is 24.4 Å². The molecule has 2 aromatic rings. The molecule has 0 aliphatic carbocycles. The van der Waals surface area contributed by atoms with Crippen LogP contribution in [0.4, 0.5) is 5.69 Å². The van der Waals surface area contributed by atoms with Gasteiger partial charge in [-0.3, -0.25) is 4.79 Å². The van der Waals surface area contributed by atoms with Crippen molar-refractivity contribution in [2.24, 2.45) is 0 Å². The van der Waals surface area contributed by atoms with Crippen LogP contribution in [0.2, 0.25) is 0 Å². The summed E-state index contributed by atoms with van der Waals surface area (Å²) in [5, 5.41) is 0.920. The molecule has 1 heterocycles. The monoisotopic (exact) mass is 274 g/mol. The second-order valence-corrected chi connectivity index (χ2v) is 5.39. The summed E-state index contributed by atoms with van der Waals surface area (Å²) in [6, 6.07) is 5.55. The van der Waals surface area contributed by atoms with Gasteiger partial charge in [-0.05, 0) is 45.3 Å². The fourth-order valence-electron chi connectivity index (χ4n) is 2.25. The first-order valence-electron chi connectivity index (χ1n) is 6.76. The number of amides is 1. The quantitative estimate of drug-likeness (QED) is 0.817. The molecule has 2 rings (SSSR count). The Morgan fingerprint density at radius 2 is 2.00 bits per heavy atom. The summed E-state index contributed by atoms with van der Waals surface area (Å²) in [4.78, 5) is 19.4. The van der Waals surface area contributed by atoms with E-state index < -0.39 is 0 Å². The lowest BCUT2D eigenvalue weighted by Gasteiger charge is -2.18. The van der Waals surface area contributed by atoms with E-state index in [9.17, 15) is 4.79 Å². The number of nitrogens with zero attached hydrogens (tertiary/aromatic N) is 2. The number of benzene rings is 1. The van der Waals surface area contributed by atoms with E-state index in [4.69, 9.17) is 5.73 Å². The van der Waals surface area contributed by atoms with Crippen molar-refractivity contribution in [1.29, 1.82) is 0 Å². The summed E-state index contributed by atoms with van der Waals surface area (Å²) in [5.41, 5.74) is 8.03. The zero-order valence-electron chi connectivity index (χ0n) is 12.3. The number of aromatic amines is 1. The Hall–Kier alpha value is -2.01. The molecule has 1 aromatic heterocycles. The number of rotatable bonds is 5. The van der Waals surface area contributed by atoms with Crippen molar-refractivity contribution in [2.75, 3.05) is 40.0 Å². The normalized spacial score (nSPS) is 11.2. The molecular formula is C15H22N4O. The number of hydrogen-bond donors (Lipinski definition) is 2. The van der Waals surface area contributed by atoms with Gasteiger partial charge in [-0.2, -0.15) is 0 Å². The average molecular weight is 274 g/mol. The summed E-state index contributed by atoms with van der Waals surface area (Å²) in [5.74, 6) is 0.0415. The number of nitrogens with one attached hydrogen (secondary N) is 1. The van der Waals surface area contributed by atoms with Crippen molar-refractivity contribution in [2.45, 2.75) is 6.42 Å². The molecule has 0 aliphatic heterocycles. The minimum Gasteiger partial charge on any atom is -0.399 e. The van der Waals surface area contributed by atoms with Crippen molar-refractivity contribution >= 4 is 22.5 Å². The van der Waals surface area contributed by atoms with E-state index in [2.05, 4.69) is 9.88 Å². The molecule has 108 valence electrons. The Morgan fingerprint density at radius 3 is 2.70 bits per heavy atom. The van der Waals surface area contributed by atoms with E-state index in [1.807, 2.05) is 39.3 Å². The second-order valence-electron chi connectivity index (χ2n) is 5.39. The summed E-state index contributed by atoms with van der Waals surface area (Å²) in [7, 11) is 5.91. The van der Waals surface area contributed by atoms with E-state index in [-0.39, 0.29) is 5.91 Å². The highest BCUT2D eigenvalue weighted by Crippen LogP contribution is 2.21. The van der Waals surface area contributed by atoms with Crippen LogP contribution in [0.3, 0.4) is 0 Å². The molecule has 20 heavy (non-hydrogen) atoms. The topological polar surface area (TPSA) is 65.4 Å². The Labute approximate surface area is 119 Å². The number of fused-ring (bicyclic) bond motifs is 1. The van der Waals surface area contributed by atoms with Crippen LogP contribution >= 0.6 is 0 Å². The van der Waals surface area contributed by atoms with Gasteiger partial charge in [0.05, 0.1) is 5.56 Å². The molecule has 0 fully saturated rings. The summed E-state index contributed by atoms with van der Waals surface area (Å²) in [6.07, 6.45) is 2.72. The molecule has 0 unspecified atom stereocenters. The molecule has 0 aliphatic rings. The van der Waals surface area contributed by atoms with Gasteiger partial charge in [0.25, 0.3) is 5.91 Å². The first kappa shape index (κ1) is 14.4. The Balaban J connectivity index is 2.10. The fourth-order valence-corrected chi connectivity index (χ4v) is 2.25. The van der Waals surface area contributed by atoms with Gasteiger partial charge in [-0.15, -0.1) is 0 Å². The molecule has 5 heteroatoms. The van der Waals surface area contributed by atoms with Gasteiger partial charge < -0.3 is 20.5 Å². The van der Waals surface area contributed by atoms with Gasteiger partial charge in [-0.1, -0.05) is 0 Å². The predicted molar refractivity (Wildman–Crippen MR) is 82.8 cm³/mol. The Bertz CT molecular complexity index is 603. The molecule has 1 amide bonds. The lowest BCUT2D eigenvalue weighted by Crippen LogP contribution is -2.29. The third-order valence-electron chi connectivity index (χ3n) is 3.38. The number of aromatic nitrogens is 1. The fraction of sp³-hybridized carbons (Fsp3) is 0.400. The molecule has 0 spiro atoms. The number of nitrogens with two attached hydrogens (primary N) is 1. The van der Waals surface area contributed by atoms with Crippen LogP contribution in [0, 0.1) is 0 Å². The van der Waals surface area contributed by atoms with Crippen LogP contribution in [0.25, 0.3) is 10.9 Å². The maximum absolute atomic E-state index is 12.4. The van der Waals surface area contributed by atoms with Crippen LogP contribution in [0.5, 0.6) is 0 Å². The van der Waals surface area contributed by atoms with E-state index in [0.717, 1.165) is 30.4 Å². The number of nitrogen functional groups attached to an aromatic ring is 1. The number of H-pyrrole nitrogens is 1. The lowest BCUT2D eigenvalue weighted by molar-refractivity contribution is 0.0792. The first-order chi connectivity index (χ1) is 9.49. The van der Waals surface area contributed by atoms with E-state index in [0.29, 0.717) is 11.3 Å². The minimum atomic E-state index is 0.0415. The second kappa shape index (κ2) is 5.96. The SMILES string of the molecule is CN(C)CCCN(C)C(=O)c1c[nH]c2cc(N)ccc12. The van der Waals surface area contributed by atoms with Gasteiger partial charge >= 0.3 is 0 Å². The van der Waals surface area contributed by atoms with Crippen LogP contribution < -0.4 is 5.73 Å². The lowest BCUT2D eigenvalue weighted by atomic mass is 10.1. The molecule has 0 bridgehead atoms. The van der Waals surface area contributed by atoms with Crippen LogP contribution in [-0.2, 0) is 0 Å². The van der Waals surface area contributed by atoms with Gasteiger partial charge in [0.1, 0.15) is 0 Å². The Kier molecular flexibility index (Phi) is 4.29. The van der Waals surface area contributed by atoms with Gasteiger partial charge in [0.2, 0.25) is 0 Å². The molecule has 0 radical (unpaired) electrons. The number of anilines is 1. The molecular weight excluding hydrogens is 252 g/mol. The average Bonchev–Trinajstić information content (AvgIpc) is 2.80. The smallest absolute Gasteiger partial charge is 0.255 e. The van der Waals surface area contributed by atoms with Gasteiger partial charge in [-0.25, -0.2) is 0 Å². The first-order valence-corrected chi connectivity index (χ1v) is 6.76. The molecule has 0 saturated carbocycles. The summed E-state index contributed by atoms with van der Waals surface area (Å²) >= 11 is 0. The Morgan fingerprint density at radius 1 is 1.25 bits per heavy atom. The summed E-state index contributed by atoms with van der Waals surface area (Å²) in [6.45, 7) is 1.72. The van der Waals surface area contributed by atoms with Crippen molar-refractivity contribution < 1.29 is 4.79 Å². The maximum atomic E-state index is 12.4. The zero-order valence-corrected chi connectivity index (χ0v) is 12.3.